The minimum atomic E-state index is -0.315. The molecule has 2 aromatic rings. The molecule has 0 radical (unpaired) electrons. The highest BCUT2D eigenvalue weighted by atomic mass is 35.5. The first kappa shape index (κ1) is 19.0. The highest BCUT2D eigenvalue weighted by molar-refractivity contribution is 7.80. The highest BCUT2D eigenvalue weighted by Crippen LogP contribution is 2.41. The zero-order chi connectivity index (χ0) is 19.6. The smallest absolute Gasteiger partial charge is 0.281 e. The van der Waals surface area contributed by atoms with Crippen molar-refractivity contribution in [1.82, 2.24) is 5.32 Å². The predicted octanol–water partition coefficient (Wildman–Crippen LogP) is 3.63. The minimum Gasteiger partial charge on any atom is -0.493 e. The molecule has 0 aliphatic carbocycles. The number of hydrogen-bond donors (Lipinski definition) is 1. The number of carbonyl (C=O) groups excluding carboxylic acids is 1. The average Bonchev–Trinajstić information content (AvgIpc) is 2.95. The Morgan fingerprint density at radius 3 is 2.37 bits per heavy atom. The zero-order valence-electron chi connectivity index (χ0n) is 14.9. The summed E-state index contributed by atoms with van der Waals surface area (Å²) < 4.78 is 16.1. The van der Waals surface area contributed by atoms with Gasteiger partial charge in [-0.05, 0) is 42.6 Å². The molecular weight excluding hydrogens is 388 g/mol. The lowest BCUT2D eigenvalue weighted by Crippen LogP contribution is -2.30. The molecule has 1 N–H and O–H groups in total. The fourth-order valence-corrected chi connectivity index (χ4v) is 3.29. The Balaban J connectivity index is 2.03. The monoisotopic (exact) mass is 404 g/mol. The Bertz CT molecular complexity index is 945. The molecule has 0 bridgehead atoms. The summed E-state index contributed by atoms with van der Waals surface area (Å²) in [7, 11) is 4.58. The molecule has 1 aliphatic rings. The van der Waals surface area contributed by atoms with E-state index in [1.165, 1.54) is 26.2 Å². The number of nitrogens with zero attached hydrogens (tertiary/aromatic N) is 1. The van der Waals surface area contributed by atoms with E-state index in [1.54, 1.807) is 42.5 Å². The van der Waals surface area contributed by atoms with Gasteiger partial charge in [-0.3, -0.25) is 9.69 Å². The van der Waals surface area contributed by atoms with Crippen LogP contribution in [0.15, 0.2) is 42.1 Å². The number of rotatable bonds is 5. The van der Waals surface area contributed by atoms with Crippen LogP contribution < -0.4 is 24.4 Å². The van der Waals surface area contributed by atoms with Crippen LogP contribution >= 0.6 is 23.8 Å². The van der Waals surface area contributed by atoms with E-state index in [9.17, 15) is 4.79 Å². The first-order valence-electron chi connectivity index (χ1n) is 7.92. The van der Waals surface area contributed by atoms with Crippen molar-refractivity contribution in [1.29, 1.82) is 0 Å². The van der Waals surface area contributed by atoms with Crippen LogP contribution in [0.25, 0.3) is 6.08 Å². The van der Waals surface area contributed by atoms with Crippen molar-refractivity contribution >= 4 is 46.6 Å². The molecule has 0 atom stereocenters. The molecule has 27 heavy (non-hydrogen) atoms. The summed E-state index contributed by atoms with van der Waals surface area (Å²) in [6, 6.07) is 10.5. The normalized spacial score (nSPS) is 15.1. The molecule has 0 unspecified atom stereocenters. The summed E-state index contributed by atoms with van der Waals surface area (Å²) in [6.07, 6.45) is 1.65. The number of amides is 1. The van der Waals surface area contributed by atoms with Crippen molar-refractivity contribution in [2.24, 2.45) is 0 Å². The van der Waals surface area contributed by atoms with Crippen LogP contribution in [0.1, 0.15) is 5.56 Å². The minimum absolute atomic E-state index is 0.249. The van der Waals surface area contributed by atoms with Crippen LogP contribution in [0.4, 0.5) is 5.69 Å². The Labute approximate surface area is 167 Å². The van der Waals surface area contributed by atoms with Crippen molar-refractivity contribution < 1.29 is 19.0 Å². The molecule has 1 fully saturated rings. The molecule has 140 valence electrons. The maximum Gasteiger partial charge on any atom is 0.281 e. The van der Waals surface area contributed by atoms with Crippen LogP contribution in [0.5, 0.6) is 17.2 Å². The number of anilines is 1. The number of carbonyl (C=O) groups is 1. The Morgan fingerprint density at radius 2 is 1.74 bits per heavy atom. The standard InChI is InChI=1S/C19H17ClN2O4S/c1-24-15-9-8-11(16(25-2)17(15)26-3)10-13-18(23)22(19(27)21-13)14-7-5-4-6-12(14)20/h4-10H,1-3H3,(H,21,27)/b13-10+. The van der Waals surface area contributed by atoms with Gasteiger partial charge in [-0.25, -0.2) is 0 Å². The van der Waals surface area contributed by atoms with Gasteiger partial charge in [0.2, 0.25) is 5.75 Å². The van der Waals surface area contributed by atoms with E-state index < -0.39 is 0 Å². The van der Waals surface area contributed by atoms with Crippen LogP contribution in [-0.2, 0) is 4.79 Å². The van der Waals surface area contributed by atoms with E-state index in [0.29, 0.717) is 39.2 Å². The van der Waals surface area contributed by atoms with Crippen molar-refractivity contribution in [3.63, 3.8) is 0 Å². The molecule has 3 rings (SSSR count). The van der Waals surface area contributed by atoms with E-state index in [-0.39, 0.29) is 11.0 Å². The number of hydrogen-bond acceptors (Lipinski definition) is 5. The second-order valence-corrected chi connectivity index (χ2v) is 6.30. The number of ether oxygens (including phenoxy) is 3. The molecule has 0 spiro atoms. The van der Waals surface area contributed by atoms with E-state index in [0.717, 1.165) is 0 Å². The van der Waals surface area contributed by atoms with Gasteiger partial charge in [0.25, 0.3) is 5.91 Å². The number of para-hydroxylation sites is 1. The van der Waals surface area contributed by atoms with Crippen LogP contribution in [-0.4, -0.2) is 32.3 Å². The summed E-state index contributed by atoms with van der Waals surface area (Å²) in [5.41, 5.74) is 1.45. The second-order valence-electron chi connectivity index (χ2n) is 5.50. The quantitative estimate of drug-likeness (QED) is 0.606. The van der Waals surface area contributed by atoms with Gasteiger partial charge in [-0.15, -0.1) is 0 Å². The van der Waals surface area contributed by atoms with E-state index in [1.807, 2.05) is 0 Å². The molecule has 8 heteroatoms. The molecule has 0 aromatic heterocycles. The summed E-state index contributed by atoms with van der Waals surface area (Å²) in [4.78, 5) is 14.3. The van der Waals surface area contributed by atoms with Gasteiger partial charge in [0.1, 0.15) is 5.70 Å². The van der Waals surface area contributed by atoms with Gasteiger partial charge in [0, 0.05) is 5.56 Å². The number of halogens is 1. The van der Waals surface area contributed by atoms with Gasteiger partial charge in [-0.1, -0.05) is 23.7 Å². The Morgan fingerprint density at radius 1 is 1.04 bits per heavy atom. The number of nitrogens with one attached hydrogen (secondary N) is 1. The summed E-state index contributed by atoms with van der Waals surface area (Å²) in [6.45, 7) is 0. The van der Waals surface area contributed by atoms with E-state index >= 15 is 0 Å². The summed E-state index contributed by atoms with van der Waals surface area (Å²) in [5.74, 6) is 1.09. The average molecular weight is 405 g/mol. The maximum absolute atomic E-state index is 12.9. The summed E-state index contributed by atoms with van der Waals surface area (Å²) in [5, 5.41) is 3.61. The highest BCUT2D eigenvalue weighted by Gasteiger charge is 2.33. The third-order valence-electron chi connectivity index (χ3n) is 4.01. The topological polar surface area (TPSA) is 60.0 Å². The lowest BCUT2D eigenvalue weighted by molar-refractivity contribution is -0.113. The fourth-order valence-electron chi connectivity index (χ4n) is 2.78. The van der Waals surface area contributed by atoms with Crippen LogP contribution in [0.2, 0.25) is 5.02 Å². The van der Waals surface area contributed by atoms with Gasteiger partial charge in [-0.2, -0.15) is 0 Å². The molecule has 1 heterocycles. The SMILES string of the molecule is COc1ccc(/C=C2/NC(=S)N(c3ccccc3Cl)C2=O)c(OC)c1OC. The third kappa shape index (κ3) is 3.43. The second kappa shape index (κ2) is 7.85. The first-order chi connectivity index (χ1) is 13.0. The first-order valence-corrected chi connectivity index (χ1v) is 8.71. The van der Waals surface area contributed by atoms with Crippen molar-refractivity contribution in [2.75, 3.05) is 26.2 Å². The molecule has 1 aliphatic heterocycles. The van der Waals surface area contributed by atoms with Gasteiger partial charge in [0.15, 0.2) is 16.6 Å². The lowest BCUT2D eigenvalue weighted by Gasteiger charge is -2.15. The maximum atomic E-state index is 12.9. The number of benzene rings is 2. The van der Waals surface area contributed by atoms with E-state index in [4.69, 9.17) is 38.0 Å². The van der Waals surface area contributed by atoms with Gasteiger partial charge < -0.3 is 19.5 Å². The Hall–Kier alpha value is -2.77. The Kier molecular flexibility index (Phi) is 5.53. The molecular formula is C19H17ClN2O4S. The van der Waals surface area contributed by atoms with E-state index in [2.05, 4.69) is 5.32 Å². The molecule has 1 saturated heterocycles. The lowest BCUT2D eigenvalue weighted by atomic mass is 10.1. The summed E-state index contributed by atoms with van der Waals surface area (Å²) >= 11 is 11.5. The molecule has 2 aromatic carbocycles. The zero-order valence-corrected chi connectivity index (χ0v) is 16.5. The van der Waals surface area contributed by atoms with Crippen LogP contribution in [0, 0.1) is 0 Å². The van der Waals surface area contributed by atoms with Crippen molar-refractivity contribution in [3.05, 3.63) is 52.7 Å². The number of methoxy groups -OCH3 is 3. The fraction of sp³-hybridized carbons (Fsp3) is 0.158. The largest absolute Gasteiger partial charge is 0.493 e. The van der Waals surface area contributed by atoms with Gasteiger partial charge in [0.05, 0.1) is 32.0 Å². The molecule has 0 saturated carbocycles. The van der Waals surface area contributed by atoms with Crippen molar-refractivity contribution in [3.8, 4) is 17.2 Å². The third-order valence-corrected chi connectivity index (χ3v) is 4.61. The number of thiocarbonyl (C=S) groups is 1. The molecule has 1 amide bonds. The van der Waals surface area contributed by atoms with Crippen LogP contribution in [0.3, 0.4) is 0 Å². The van der Waals surface area contributed by atoms with Gasteiger partial charge >= 0.3 is 0 Å². The van der Waals surface area contributed by atoms with Crippen molar-refractivity contribution in [2.45, 2.75) is 0 Å². The molecule has 6 nitrogen and oxygen atoms in total. The predicted molar refractivity (Wildman–Crippen MR) is 109 cm³/mol.